The van der Waals surface area contributed by atoms with Crippen LogP contribution in [0.1, 0.15) is 35.7 Å². The van der Waals surface area contributed by atoms with Gasteiger partial charge in [-0.3, -0.25) is 0 Å². The molecule has 0 fully saturated rings. The molecule has 2 N–H and O–H groups in total. The van der Waals surface area contributed by atoms with Crippen molar-refractivity contribution in [3.05, 3.63) is 34.5 Å². The summed E-state index contributed by atoms with van der Waals surface area (Å²) in [6, 6.07) is 4.22. The van der Waals surface area contributed by atoms with Crippen LogP contribution in [0.25, 0.3) is 10.9 Å². The second-order valence-corrected chi connectivity index (χ2v) is 6.35. The van der Waals surface area contributed by atoms with Crippen molar-refractivity contribution in [2.45, 2.75) is 51.7 Å². The highest BCUT2D eigenvalue weighted by Gasteiger charge is 2.27. The van der Waals surface area contributed by atoms with E-state index in [0.29, 0.717) is 6.42 Å². The van der Waals surface area contributed by atoms with Crippen LogP contribution in [0.4, 0.5) is 13.2 Å². The van der Waals surface area contributed by atoms with Gasteiger partial charge < -0.3 is 10.3 Å². The number of fused-ring (bicyclic) bond motifs is 2. The molecule has 3 rings (SSSR count). The fourth-order valence-electron chi connectivity index (χ4n) is 3.39. The Bertz CT molecular complexity index is 685. The maximum absolute atomic E-state index is 12.3. The number of alkyl halides is 3. The maximum Gasteiger partial charge on any atom is 0.401 e. The molecule has 2 aromatic rings. The van der Waals surface area contributed by atoms with E-state index in [2.05, 4.69) is 22.4 Å². The number of rotatable bonds is 4. The van der Waals surface area contributed by atoms with Gasteiger partial charge in [0, 0.05) is 22.6 Å². The molecule has 0 saturated carbocycles. The summed E-state index contributed by atoms with van der Waals surface area (Å²) < 4.78 is 36.9. The molecular weight excluding hydrogens is 289 g/mol. The Balaban J connectivity index is 1.82. The van der Waals surface area contributed by atoms with Crippen LogP contribution in [0.5, 0.6) is 0 Å². The number of benzene rings is 1. The van der Waals surface area contributed by atoms with Crippen LogP contribution >= 0.6 is 0 Å². The molecule has 1 unspecified atom stereocenters. The van der Waals surface area contributed by atoms with Gasteiger partial charge in [-0.2, -0.15) is 13.2 Å². The van der Waals surface area contributed by atoms with Crippen molar-refractivity contribution < 1.29 is 13.2 Å². The average Bonchev–Trinajstić information content (AvgIpc) is 2.98. The molecular formula is C17H21F3N2. The van der Waals surface area contributed by atoms with E-state index in [4.69, 9.17) is 0 Å². The van der Waals surface area contributed by atoms with E-state index in [1.54, 1.807) is 6.92 Å². The van der Waals surface area contributed by atoms with Crippen LogP contribution in [0.15, 0.2) is 12.1 Å². The quantitative estimate of drug-likeness (QED) is 0.876. The van der Waals surface area contributed by atoms with Crippen molar-refractivity contribution in [2.24, 2.45) is 0 Å². The Morgan fingerprint density at radius 2 is 1.91 bits per heavy atom. The summed E-state index contributed by atoms with van der Waals surface area (Å²) in [6.07, 6.45) is -0.135. The predicted molar refractivity (Wildman–Crippen MR) is 82.3 cm³/mol. The maximum atomic E-state index is 12.3. The van der Waals surface area contributed by atoms with Crippen molar-refractivity contribution >= 4 is 10.9 Å². The van der Waals surface area contributed by atoms with Gasteiger partial charge in [-0.1, -0.05) is 0 Å². The van der Waals surface area contributed by atoms with Gasteiger partial charge in [0.15, 0.2) is 0 Å². The van der Waals surface area contributed by atoms with Gasteiger partial charge in [-0.25, -0.2) is 0 Å². The van der Waals surface area contributed by atoms with Gasteiger partial charge in [0.05, 0.1) is 6.54 Å². The molecule has 5 heteroatoms. The van der Waals surface area contributed by atoms with Crippen LogP contribution in [-0.4, -0.2) is 23.7 Å². The van der Waals surface area contributed by atoms with Gasteiger partial charge in [0.25, 0.3) is 0 Å². The summed E-state index contributed by atoms with van der Waals surface area (Å²) in [5.41, 5.74) is 6.09. The van der Waals surface area contributed by atoms with E-state index >= 15 is 0 Å². The molecule has 0 spiro atoms. The van der Waals surface area contributed by atoms with Crippen molar-refractivity contribution in [3.63, 3.8) is 0 Å². The van der Waals surface area contributed by atoms with E-state index in [1.807, 2.05) is 6.92 Å². The van der Waals surface area contributed by atoms with Gasteiger partial charge in [0.1, 0.15) is 0 Å². The summed E-state index contributed by atoms with van der Waals surface area (Å²) in [7, 11) is 0. The highest BCUT2D eigenvalue weighted by molar-refractivity contribution is 5.86. The Labute approximate surface area is 128 Å². The lowest BCUT2D eigenvalue weighted by Crippen LogP contribution is -2.36. The molecule has 0 bridgehead atoms. The van der Waals surface area contributed by atoms with Crippen LogP contribution < -0.4 is 5.32 Å². The standard InChI is InChI=1S/C17H21F3N2/c1-10(21-9-17(18,19)20)6-14-11(2)22-16-8-13-5-3-4-12(13)7-15(14)16/h7-8,10,21-22H,3-6,9H2,1-2H3. The first-order valence-electron chi connectivity index (χ1n) is 7.76. The second-order valence-electron chi connectivity index (χ2n) is 6.35. The summed E-state index contributed by atoms with van der Waals surface area (Å²) in [4.78, 5) is 3.38. The fraction of sp³-hybridized carbons (Fsp3) is 0.529. The van der Waals surface area contributed by atoms with Crippen LogP contribution in [0.2, 0.25) is 0 Å². The van der Waals surface area contributed by atoms with E-state index < -0.39 is 12.7 Å². The molecule has 1 heterocycles. The zero-order valence-corrected chi connectivity index (χ0v) is 12.9. The molecule has 22 heavy (non-hydrogen) atoms. The summed E-state index contributed by atoms with van der Waals surface area (Å²) >= 11 is 0. The molecule has 2 nitrogen and oxygen atoms in total. The van der Waals surface area contributed by atoms with Gasteiger partial charge >= 0.3 is 6.18 Å². The van der Waals surface area contributed by atoms with Gasteiger partial charge in [-0.15, -0.1) is 0 Å². The fourth-order valence-corrected chi connectivity index (χ4v) is 3.39. The lowest BCUT2D eigenvalue weighted by atomic mass is 10.0. The Kier molecular flexibility index (Phi) is 3.93. The smallest absolute Gasteiger partial charge is 0.358 e. The Morgan fingerprint density at radius 3 is 2.59 bits per heavy atom. The number of H-pyrrole nitrogens is 1. The number of aromatic nitrogens is 1. The number of nitrogens with one attached hydrogen (secondary N) is 2. The minimum atomic E-state index is -4.16. The second kappa shape index (κ2) is 5.61. The molecule has 0 saturated heterocycles. The molecule has 0 amide bonds. The lowest BCUT2D eigenvalue weighted by Gasteiger charge is -2.15. The monoisotopic (exact) mass is 310 g/mol. The lowest BCUT2D eigenvalue weighted by molar-refractivity contribution is -0.126. The number of aryl methyl sites for hydroxylation is 3. The summed E-state index contributed by atoms with van der Waals surface area (Å²) in [6.45, 7) is 2.86. The SMILES string of the molecule is Cc1[nH]c2cc3c(cc2c1CC(C)NCC(F)(F)F)CCC3. The number of halogens is 3. The first-order valence-corrected chi connectivity index (χ1v) is 7.76. The number of hydrogen-bond donors (Lipinski definition) is 2. The van der Waals surface area contributed by atoms with E-state index in [9.17, 15) is 13.2 Å². The van der Waals surface area contributed by atoms with E-state index in [-0.39, 0.29) is 6.04 Å². The topological polar surface area (TPSA) is 27.8 Å². The zero-order chi connectivity index (χ0) is 15.9. The third-order valence-electron chi connectivity index (χ3n) is 4.49. The molecule has 1 aliphatic rings. The normalized spacial score (nSPS) is 16.2. The first kappa shape index (κ1) is 15.4. The third-order valence-corrected chi connectivity index (χ3v) is 4.49. The first-order chi connectivity index (χ1) is 10.3. The van der Waals surface area contributed by atoms with Crippen molar-refractivity contribution in [1.82, 2.24) is 10.3 Å². The molecule has 0 aliphatic heterocycles. The molecule has 1 aliphatic carbocycles. The molecule has 1 aromatic carbocycles. The van der Waals surface area contributed by atoms with Gasteiger partial charge in [0.2, 0.25) is 0 Å². The predicted octanol–water partition coefficient (Wildman–Crippen LogP) is 4.05. The molecule has 1 aromatic heterocycles. The number of aromatic amines is 1. The zero-order valence-electron chi connectivity index (χ0n) is 12.9. The molecule has 120 valence electrons. The summed E-state index contributed by atoms with van der Waals surface area (Å²) in [5.74, 6) is 0. The van der Waals surface area contributed by atoms with Crippen molar-refractivity contribution in [2.75, 3.05) is 6.54 Å². The van der Waals surface area contributed by atoms with Crippen molar-refractivity contribution in [1.29, 1.82) is 0 Å². The summed E-state index contributed by atoms with van der Waals surface area (Å²) in [5, 5.41) is 3.73. The molecule has 0 radical (unpaired) electrons. The van der Waals surface area contributed by atoms with Crippen LogP contribution in [0.3, 0.4) is 0 Å². The van der Waals surface area contributed by atoms with E-state index in [1.165, 1.54) is 22.9 Å². The number of hydrogen-bond acceptors (Lipinski definition) is 1. The minimum absolute atomic E-state index is 0.215. The largest absolute Gasteiger partial charge is 0.401 e. The third kappa shape index (κ3) is 3.14. The minimum Gasteiger partial charge on any atom is -0.358 e. The van der Waals surface area contributed by atoms with Crippen molar-refractivity contribution in [3.8, 4) is 0 Å². The van der Waals surface area contributed by atoms with Crippen LogP contribution in [0, 0.1) is 6.92 Å². The Hall–Kier alpha value is -1.49. The average molecular weight is 310 g/mol. The highest BCUT2D eigenvalue weighted by Crippen LogP contribution is 2.31. The Morgan fingerprint density at radius 1 is 1.23 bits per heavy atom. The highest BCUT2D eigenvalue weighted by atomic mass is 19.4. The van der Waals surface area contributed by atoms with Crippen LogP contribution in [-0.2, 0) is 19.3 Å². The van der Waals surface area contributed by atoms with E-state index in [0.717, 1.165) is 29.6 Å². The van der Waals surface area contributed by atoms with Gasteiger partial charge in [-0.05, 0) is 68.4 Å². The molecule has 1 atom stereocenters.